The van der Waals surface area contributed by atoms with Crippen LogP contribution in [0.25, 0.3) is 0 Å². The van der Waals surface area contributed by atoms with Gasteiger partial charge in [-0.05, 0) is 0 Å². The van der Waals surface area contributed by atoms with E-state index in [0.29, 0.717) is 0 Å². The second-order valence-corrected chi connectivity index (χ2v) is 8.99. The van der Waals surface area contributed by atoms with Gasteiger partial charge in [-0.2, -0.15) is 5.57 Å². The van der Waals surface area contributed by atoms with E-state index in [1.54, 1.807) is 5.20 Å². The van der Waals surface area contributed by atoms with Gasteiger partial charge in [-0.3, -0.25) is 0 Å². The number of hydrogen-bond donors (Lipinski definition) is 0. The van der Waals surface area contributed by atoms with E-state index in [1.807, 2.05) is 0 Å². The molecule has 0 saturated heterocycles. The van der Waals surface area contributed by atoms with Crippen LogP contribution >= 0.6 is 0 Å². The zero-order valence-electron chi connectivity index (χ0n) is 15.1. The molecule has 0 aromatic heterocycles. The third-order valence-corrected chi connectivity index (χ3v) is 7.67. The van der Waals surface area contributed by atoms with Gasteiger partial charge in [0.15, 0.2) is 0 Å². The van der Waals surface area contributed by atoms with Crippen molar-refractivity contribution in [2.24, 2.45) is 0 Å². The third kappa shape index (κ3) is 6.71. The van der Waals surface area contributed by atoms with Crippen LogP contribution in [0, 0.1) is 6.08 Å². The normalized spacial score (nSPS) is 12.3. The van der Waals surface area contributed by atoms with Crippen LogP contribution in [-0.4, -0.2) is 8.80 Å². The molecule has 0 heterocycles. The van der Waals surface area contributed by atoms with E-state index in [-0.39, 0.29) is 58.9 Å². The summed E-state index contributed by atoms with van der Waals surface area (Å²) in [4.78, 5) is 0. The van der Waals surface area contributed by atoms with Gasteiger partial charge >= 0.3 is 21.7 Å². The fourth-order valence-corrected chi connectivity index (χ4v) is 6.89. The minimum atomic E-state index is -1.33. The molecule has 0 saturated carbocycles. The summed E-state index contributed by atoms with van der Waals surface area (Å²) in [5.74, 6) is 0. The molecule has 0 amide bonds. The maximum atomic E-state index is 3.66. The van der Waals surface area contributed by atoms with Crippen LogP contribution in [0.2, 0.25) is 0 Å². The molecule has 0 atom stereocenters. The van der Waals surface area contributed by atoms with Crippen LogP contribution in [0.15, 0.2) is 77.0 Å². The first-order valence-corrected chi connectivity index (χ1v) is 9.94. The summed E-state index contributed by atoms with van der Waals surface area (Å²) < 4.78 is 0. The number of halogens is 3. The SMILES string of the molecule is CCCC1=C([SiH](c2ccccc2)c2ccccc2)CC(C)=[C-]1.[Cl-].[Cl-].[Cl-].[Ti+4]. The Kier molecular flexibility index (Phi) is 14.9. The molecule has 0 nitrogen and oxygen atoms in total. The zero-order valence-corrected chi connectivity index (χ0v) is 20.1. The molecule has 0 spiro atoms. The Hall–Kier alpha value is -0.279. The van der Waals surface area contributed by atoms with Gasteiger partial charge in [0.25, 0.3) is 0 Å². The zero-order chi connectivity index (χ0) is 15.4. The van der Waals surface area contributed by atoms with Gasteiger partial charge in [0, 0.05) is 8.80 Å². The molecule has 26 heavy (non-hydrogen) atoms. The fraction of sp³-hybridized carbons (Fsp3) is 0.238. The molecule has 0 N–H and O–H groups in total. The van der Waals surface area contributed by atoms with Gasteiger partial charge in [-0.15, -0.1) is 0 Å². The Balaban J connectivity index is 0. The van der Waals surface area contributed by atoms with E-state index in [2.05, 4.69) is 80.6 Å². The molecule has 2 aromatic carbocycles. The minimum absolute atomic E-state index is 0. The first kappa shape index (κ1) is 27.9. The summed E-state index contributed by atoms with van der Waals surface area (Å²) in [6.07, 6.45) is 7.14. The van der Waals surface area contributed by atoms with Crippen molar-refractivity contribution in [1.82, 2.24) is 0 Å². The van der Waals surface area contributed by atoms with Crippen LogP contribution in [0.1, 0.15) is 33.1 Å². The summed E-state index contributed by atoms with van der Waals surface area (Å²) in [7, 11) is -1.33. The summed E-state index contributed by atoms with van der Waals surface area (Å²) in [6.45, 7) is 4.49. The molecule has 3 rings (SSSR count). The van der Waals surface area contributed by atoms with Crippen molar-refractivity contribution < 1.29 is 58.9 Å². The fourth-order valence-electron chi connectivity index (χ4n) is 3.41. The third-order valence-electron chi connectivity index (χ3n) is 4.32. The van der Waals surface area contributed by atoms with Gasteiger partial charge in [0.2, 0.25) is 0 Å². The van der Waals surface area contributed by atoms with Crippen LogP contribution < -0.4 is 47.6 Å². The van der Waals surface area contributed by atoms with Gasteiger partial charge < -0.3 is 37.2 Å². The van der Waals surface area contributed by atoms with Crippen molar-refractivity contribution in [3.63, 3.8) is 0 Å². The maximum absolute atomic E-state index is 3.66. The molecule has 0 radical (unpaired) electrons. The van der Waals surface area contributed by atoms with E-state index >= 15 is 0 Å². The van der Waals surface area contributed by atoms with Crippen molar-refractivity contribution in [2.45, 2.75) is 33.1 Å². The summed E-state index contributed by atoms with van der Waals surface area (Å²) in [6, 6.07) is 22.2. The van der Waals surface area contributed by atoms with Crippen molar-refractivity contribution in [2.75, 3.05) is 0 Å². The number of hydrogen-bond acceptors (Lipinski definition) is 0. The summed E-state index contributed by atoms with van der Waals surface area (Å²) >= 11 is 0. The Morgan fingerprint density at radius 2 is 1.31 bits per heavy atom. The average molecular weight is 458 g/mol. The topological polar surface area (TPSA) is 0 Å². The molecule has 0 aliphatic heterocycles. The summed E-state index contributed by atoms with van der Waals surface area (Å²) in [5, 5.41) is 4.72. The number of rotatable bonds is 5. The smallest absolute Gasteiger partial charge is 1.00 e. The van der Waals surface area contributed by atoms with Gasteiger partial charge in [-0.1, -0.05) is 104 Å². The average Bonchev–Trinajstić information content (AvgIpc) is 2.90. The monoisotopic (exact) mass is 456 g/mol. The van der Waals surface area contributed by atoms with E-state index in [9.17, 15) is 0 Å². The summed E-state index contributed by atoms with van der Waals surface area (Å²) in [5.41, 5.74) is 2.90. The predicted molar refractivity (Wildman–Crippen MR) is 98.3 cm³/mol. The van der Waals surface area contributed by atoms with Crippen LogP contribution in [0.5, 0.6) is 0 Å². The number of allylic oxidation sites excluding steroid dienone is 4. The van der Waals surface area contributed by atoms with Crippen LogP contribution in [-0.2, 0) is 21.7 Å². The van der Waals surface area contributed by atoms with E-state index in [4.69, 9.17) is 0 Å². The molecule has 0 bridgehead atoms. The second-order valence-electron chi connectivity index (χ2n) is 6.09. The number of benzene rings is 2. The standard InChI is InChI=1S/C21H23Si.3ClH.Ti/c1-3-10-18-15-17(2)16-21(18)22(19-11-6-4-7-12-19)20-13-8-5-9-14-20;;;;/h4-9,11-14,22H,3,10,16H2,1-2H3;3*1H;/q-1;;;;+4/p-3. The Bertz CT molecular complexity index is 660. The predicted octanol–water partition coefficient (Wildman–Crippen LogP) is -5.17. The molecule has 5 heteroatoms. The van der Waals surface area contributed by atoms with Crippen molar-refractivity contribution in [3.05, 3.63) is 83.1 Å². The quantitative estimate of drug-likeness (QED) is 0.311. The molecule has 0 unspecified atom stereocenters. The van der Waals surface area contributed by atoms with Crippen molar-refractivity contribution >= 4 is 19.2 Å². The first-order chi connectivity index (χ1) is 10.8. The first-order valence-electron chi connectivity index (χ1n) is 8.21. The molecule has 1 aliphatic carbocycles. The minimum Gasteiger partial charge on any atom is -1.00 e. The molecule has 0 fully saturated rings. The largest absolute Gasteiger partial charge is 4.00 e. The van der Waals surface area contributed by atoms with Crippen molar-refractivity contribution in [3.8, 4) is 0 Å². The Morgan fingerprint density at radius 3 is 1.73 bits per heavy atom. The van der Waals surface area contributed by atoms with Crippen LogP contribution in [0.4, 0.5) is 0 Å². The molecular weight excluding hydrogens is 435 g/mol. The second kappa shape index (κ2) is 13.8. The van der Waals surface area contributed by atoms with E-state index < -0.39 is 8.80 Å². The molecule has 2 aromatic rings. The maximum Gasteiger partial charge on any atom is 4.00 e. The Morgan fingerprint density at radius 1 is 0.846 bits per heavy atom. The molecular formula is C21H23Cl3SiTi. The van der Waals surface area contributed by atoms with Gasteiger partial charge in [0.1, 0.15) is 0 Å². The van der Waals surface area contributed by atoms with Crippen molar-refractivity contribution in [1.29, 1.82) is 0 Å². The van der Waals surface area contributed by atoms with E-state index in [0.717, 1.165) is 12.8 Å². The molecule has 1 aliphatic rings. The van der Waals surface area contributed by atoms with Gasteiger partial charge in [-0.25, -0.2) is 16.8 Å². The van der Waals surface area contributed by atoms with Gasteiger partial charge in [0.05, 0.1) is 0 Å². The van der Waals surface area contributed by atoms with E-state index in [1.165, 1.54) is 27.9 Å². The van der Waals surface area contributed by atoms with Crippen LogP contribution in [0.3, 0.4) is 0 Å². The Labute approximate surface area is 193 Å². The molecule has 136 valence electrons.